The summed E-state index contributed by atoms with van der Waals surface area (Å²) in [5, 5.41) is 2.71. The number of carbonyl (C=O) groups is 1. The maximum Gasteiger partial charge on any atom is 0.254 e. The summed E-state index contributed by atoms with van der Waals surface area (Å²) in [5.41, 5.74) is 0.0405. The summed E-state index contributed by atoms with van der Waals surface area (Å²) in [6.07, 6.45) is 3.01. The fourth-order valence-corrected chi connectivity index (χ4v) is 1.41. The first-order valence-corrected chi connectivity index (χ1v) is 5.08. The molecule has 0 unspecified atom stereocenters. The predicted octanol–water partition coefficient (Wildman–Crippen LogP) is 1.88. The average Bonchev–Trinajstić information content (AvgIpc) is 2.93. The second kappa shape index (κ2) is 3.65. The largest absolute Gasteiger partial charge is 0.349 e. The Morgan fingerprint density at radius 1 is 1.64 bits per heavy atom. The zero-order valence-electron chi connectivity index (χ0n) is 7.26. The van der Waals surface area contributed by atoms with Gasteiger partial charge in [-0.1, -0.05) is 0 Å². The second-order valence-electron chi connectivity index (χ2n) is 3.23. The molecule has 5 heteroatoms. The lowest BCUT2D eigenvalue weighted by Gasteiger charge is -2.03. The molecule has 1 aromatic heterocycles. The van der Waals surface area contributed by atoms with Crippen molar-refractivity contribution >= 4 is 21.8 Å². The molecular weight excluding hydrogens is 251 g/mol. The number of hydrogen-bond donors (Lipinski definition) is 1. The Labute approximate surface area is 88.8 Å². The van der Waals surface area contributed by atoms with Crippen molar-refractivity contribution in [2.75, 3.05) is 0 Å². The van der Waals surface area contributed by atoms with Crippen LogP contribution in [-0.2, 0) is 0 Å². The van der Waals surface area contributed by atoms with Gasteiger partial charge in [0.05, 0.1) is 11.8 Å². The molecule has 1 aliphatic rings. The monoisotopic (exact) mass is 258 g/mol. The van der Waals surface area contributed by atoms with Crippen molar-refractivity contribution in [1.82, 2.24) is 10.3 Å². The van der Waals surface area contributed by atoms with E-state index in [9.17, 15) is 9.18 Å². The first-order chi connectivity index (χ1) is 6.66. The van der Waals surface area contributed by atoms with E-state index in [4.69, 9.17) is 0 Å². The Morgan fingerprint density at radius 2 is 2.36 bits per heavy atom. The molecule has 1 N–H and O–H groups in total. The second-order valence-corrected chi connectivity index (χ2v) is 4.05. The van der Waals surface area contributed by atoms with E-state index in [1.54, 1.807) is 0 Å². The van der Waals surface area contributed by atoms with Crippen molar-refractivity contribution in [3.63, 3.8) is 0 Å². The average molecular weight is 259 g/mol. The van der Waals surface area contributed by atoms with Crippen molar-refractivity contribution in [3.8, 4) is 0 Å². The summed E-state index contributed by atoms with van der Waals surface area (Å²) in [7, 11) is 0. The number of nitrogens with one attached hydrogen (secondary N) is 1. The minimum Gasteiger partial charge on any atom is -0.349 e. The Morgan fingerprint density at radius 3 is 3.00 bits per heavy atom. The summed E-state index contributed by atoms with van der Waals surface area (Å²) in [6, 6.07) is 1.61. The van der Waals surface area contributed by atoms with E-state index in [-0.39, 0.29) is 17.5 Å². The lowest BCUT2D eigenvalue weighted by atomic mass is 10.2. The normalized spacial score (nSPS) is 15.3. The highest BCUT2D eigenvalue weighted by atomic mass is 79.9. The first kappa shape index (κ1) is 9.58. The summed E-state index contributed by atoms with van der Waals surface area (Å²) < 4.78 is 13.6. The molecule has 1 amide bonds. The van der Waals surface area contributed by atoms with E-state index in [1.165, 1.54) is 6.07 Å². The Balaban J connectivity index is 2.20. The number of carbonyl (C=O) groups excluding carboxylic acids is 1. The van der Waals surface area contributed by atoms with Gasteiger partial charge in [-0.3, -0.25) is 4.79 Å². The third-order valence-electron chi connectivity index (χ3n) is 1.98. The van der Waals surface area contributed by atoms with Gasteiger partial charge in [-0.2, -0.15) is 0 Å². The van der Waals surface area contributed by atoms with Gasteiger partial charge < -0.3 is 5.32 Å². The summed E-state index contributed by atoms with van der Waals surface area (Å²) in [5.74, 6) is -0.959. The fourth-order valence-electron chi connectivity index (χ4n) is 1.08. The van der Waals surface area contributed by atoms with Crippen LogP contribution >= 0.6 is 15.9 Å². The third kappa shape index (κ3) is 2.09. The molecule has 2 rings (SSSR count). The number of halogens is 2. The quantitative estimate of drug-likeness (QED) is 0.824. The van der Waals surface area contributed by atoms with E-state index >= 15 is 0 Å². The molecule has 1 fully saturated rings. The standard InChI is InChI=1S/C9H8BrFN2O/c10-8-3-6(7(11)4-12-8)9(14)13-5-1-2-5/h3-5H,1-2H2,(H,13,14). The smallest absolute Gasteiger partial charge is 0.254 e. The molecule has 14 heavy (non-hydrogen) atoms. The van der Waals surface area contributed by atoms with Crippen LogP contribution in [0.25, 0.3) is 0 Å². The molecule has 0 bridgehead atoms. The van der Waals surface area contributed by atoms with E-state index in [0.29, 0.717) is 4.60 Å². The SMILES string of the molecule is O=C(NC1CC1)c1cc(Br)ncc1F. The molecule has 0 saturated heterocycles. The zero-order chi connectivity index (χ0) is 10.1. The van der Waals surface area contributed by atoms with Crippen molar-refractivity contribution < 1.29 is 9.18 Å². The maximum absolute atomic E-state index is 13.1. The Kier molecular flexibility index (Phi) is 2.50. The highest BCUT2D eigenvalue weighted by molar-refractivity contribution is 9.10. The van der Waals surface area contributed by atoms with Crippen LogP contribution in [0.5, 0.6) is 0 Å². The summed E-state index contributed by atoms with van der Waals surface area (Å²) >= 11 is 3.09. The van der Waals surface area contributed by atoms with Gasteiger partial charge in [0.2, 0.25) is 0 Å². The van der Waals surface area contributed by atoms with E-state index in [1.807, 2.05) is 0 Å². The van der Waals surface area contributed by atoms with Gasteiger partial charge in [-0.25, -0.2) is 9.37 Å². The molecule has 74 valence electrons. The fraction of sp³-hybridized carbons (Fsp3) is 0.333. The van der Waals surface area contributed by atoms with Crippen LogP contribution in [-0.4, -0.2) is 16.9 Å². The topological polar surface area (TPSA) is 42.0 Å². The van der Waals surface area contributed by atoms with Gasteiger partial charge >= 0.3 is 0 Å². The number of hydrogen-bond acceptors (Lipinski definition) is 2. The van der Waals surface area contributed by atoms with Gasteiger partial charge in [0.25, 0.3) is 5.91 Å². The molecule has 1 aliphatic carbocycles. The maximum atomic E-state index is 13.1. The van der Waals surface area contributed by atoms with Crippen molar-refractivity contribution in [2.45, 2.75) is 18.9 Å². The number of aromatic nitrogens is 1. The minimum absolute atomic E-state index is 0.0405. The molecular formula is C9H8BrFN2O. The molecule has 1 heterocycles. The lowest BCUT2D eigenvalue weighted by molar-refractivity contribution is 0.0947. The molecule has 0 aromatic carbocycles. The van der Waals surface area contributed by atoms with Gasteiger partial charge in [0.1, 0.15) is 4.60 Å². The van der Waals surface area contributed by atoms with Crippen molar-refractivity contribution in [3.05, 3.63) is 28.2 Å². The predicted molar refractivity (Wildman–Crippen MR) is 52.4 cm³/mol. The van der Waals surface area contributed by atoms with Gasteiger partial charge in [0, 0.05) is 6.04 Å². The van der Waals surface area contributed by atoms with E-state index in [0.717, 1.165) is 19.0 Å². The summed E-state index contributed by atoms with van der Waals surface area (Å²) in [6.45, 7) is 0. The van der Waals surface area contributed by atoms with Gasteiger partial charge in [-0.15, -0.1) is 0 Å². The first-order valence-electron chi connectivity index (χ1n) is 4.29. The number of amides is 1. The van der Waals surface area contributed by atoms with Crippen LogP contribution in [0.4, 0.5) is 4.39 Å². The molecule has 0 atom stereocenters. The highest BCUT2D eigenvalue weighted by Crippen LogP contribution is 2.20. The van der Waals surface area contributed by atoms with Crippen LogP contribution < -0.4 is 5.32 Å². The Bertz CT molecular complexity index is 379. The molecule has 0 radical (unpaired) electrons. The van der Waals surface area contributed by atoms with Crippen LogP contribution in [0.1, 0.15) is 23.2 Å². The number of nitrogens with zero attached hydrogens (tertiary/aromatic N) is 1. The van der Waals surface area contributed by atoms with Crippen LogP contribution in [0.15, 0.2) is 16.9 Å². The molecule has 3 nitrogen and oxygen atoms in total. The molecule has 1 saturated carbocycles. The van der Waals surface area contributed by atoms with Crippen LogP contribution in [0, 0.1) is 5.82 Å². The van der Waals surface area contributed by atoms with E-state index in [2.05, 4.69) is 26.2 Å². The number of pyridine rings is 1. The van der Waals surface area contributed by atoms with Crippen LogP contribution in [0.3, 0.4) is 0 Å². The van der Waals surface area contributed by atoms with Gasteiger partial charge in [-0.05, 0) is 34.8 Å². The lowest BCUT2D eigenvalue weighted by Crippen LogP contribution is -2.26. The Hall–Kier alpha value is -0.970. The third-order valence-corrected chi connectivity index (χ3v) is 2.41. The van der Waals surface area contributed by atoms with Crippen LogP contribution in [0.2, 0.25) is 0 Å². The summed E-state index contributed by atoms with van der Waals surface area (Å²) in [4.78, 5) is 15.1. The molecule has 1 aromatic rings. The molecule has 0 spiro atoms. The highest BCUT2D eigenvalue weighted by Gasteiger charge is 2.25. The number of rotatable bonds is 2. The zero-order valence-corrected chi connectivity index (χ0v) is 8.84. The minimum atomic E-state index is -0.591. The van der Waals surface area contributed by atoms with Crippen molar-refractivity contribution in [1.29, 1.82) is 0 Å². The van der Waals surface area contributed by atoms with Gasteiger partial charge in [0.15, 0.2) is 5.82 Å². The van der Waals surface area contributed by atoms with Crippen molar-refractivity contribution in [2.24, 2.45) is 0 Å². The molecule has 0 aliphatic heterocycles. The van der Waals surface area contributed by atoms with E-state index < -0.39 is 5.82 Å².